The van der Waals surface area contributed by atoms with Crippen molar-refractivity contribution in [1.29, 1.82) is 0 Å². The molecule has 1 heterocycles. The Hall–Kier alpha value is -2.95. The van der Waals surface area contributed by atoms with E-state index in [-0.39, 0.29) is 11.2 Å². The van der Waals surface area contributed by atoms with Crippen LogP contribution in [0, 0.1) is 5.82 Å². The van der Waals surface area contributed by atoms with Crippen LogP contribution in [-0.2, 0) is 5.41 Å². The number of hydrogen-bond donors (Lipinski definition) is 2. The Morgan fingerprint density at radius 2 is 1.60 bits per heavy atom. The third kappa shape index (κ3) is 4.32. The lowest BCUT2D eigenvalue weighted by atomic mass is 9.86. The van der Waals surface area contributed by atoms with E-state index in [0.29, 0.717) is 11.8 Å². The van der Waals surface area contributed by atoms with Crippen LogP contribution in [0.25, 0.3) is 0 Å². The maximum atomic E-state index is 13.0. The van der Waals surface area contributed by atoms with E-state index in [9.17, 15) is 4.39 Å². The van der Waals surface area contributed by atoms with Crippen LogP contribution in [-0.4, -0.2) is 9.97 Å². The smallest absolute Gasteiger partial charge is 0.229 e. The van der Waals surface area contributed by atoms with Crippen molar-refractivity contribution < 1.29 is 4.39 Å². The average molecular weight is 336 g/mol. The molecule has 0 unspecified atom stereocenters. The van der Waals surface area contributed by atoms with Crippen molar-refractivity contribution in [3.63, 3.8) is 0 Å². The van der Waals surface area contributed by atoms with Crippen molar-refractivity contribution in [2.75, 3.05) is 10.6 Å². The third-order valence-corrected chi connectivity index (χ3v) is 3.75. The van der Waals surface area contributed by atoms with Crippen molar-refractivity contribution in [3.05, 3.63) is 72.2 Å². The zero-order valence-electron chi connectivity index (χ0n) is 14.5. The van der Waals surface area contributed by atoms with E-state index < -0.39 is 0 Å². The molecule has 1 aromatic heterocycles. The molecule has 5 heteroatoms. The van der Waals surface area contributed by atoms with Gasteiger partial charge in [-0.3, -0.25) is 0 Å². The first kappa shape index (κ1) is 16.9. The van der Waals surface area contributed by atoms with Gasteiger partial charge in [0, 0.05) is 17.6 Å². The first-order valence-corrected chi connectivity index (χ1v) is 8.14. The molecule has 0 aliphatic carbocycles. The zero-order chi connectivity index (χ0) is 17.9. The van der Waals surface area contributed by atoms with Crippen LogP contribution < -0.4 is 10.6 Å². The molecule has 0 fully saturated rings. The van der Waals surface area contributed by atoms with Crippen LogP contribution >= 0.6 is 0 Å². The van der Waals surface area contributed by atoms with E-state index in [1.807, 2.05) is 24.3 Å². The highest BCUT2D eigenvalue weighted by atomic mass is 19.1. The van der Waals surface area contributed by atoms with E-state index in [1.54, 1.807) is 18.3 Å². The summed E-state index contributed by atoms with van der Waals surface area (Å²) in [5, 5.41) is 6.44. The molecule has 0 atom stereocenters. The summed E-state index contributed by atoms with van der Waals surface area (Å²) in [5.74, 6) is 0.863. The SMILES string of the molecule is CC(C)(C)c1ccccc1Nc1ccnc(Nc2ccc(F)cc2)n1. The Bertz CT molecular complexity index is 854. The normalized spacial score (nSPS) is 11.2. The van der Waals surface area contributed by atoms with Crippen LogP contribution in [0.3, 0.4) is 0 Å². The minimum Gasteiger partial charge on any atom is -0.340 e. The van der Waals surface area contributed by atoms with E-state index in [2.05, 4.69) is 47.4 Å². The molecule has 25 heavy (non-hydrogen) atoms. The van der Waals surface area contributed by atoms with E-state index in [1.165, 1.54) is 17.7 Å². The van der Waals surface area contributed by atoms with Gasteiger partial charge < -0.3 is 10.6 Å². The maximum Gasteiger partial charge on any atom is 0.229 e. The second-order valence-corrected chi connectivity index (χ2v) is 6.82. The van der Waals surface area contributed by atoms with Gasteiger partial charge in [0.05, 0.1) is 0 Å². The predicted molar refractivity (Wildman–Crippen MR) is 100 cm³/mol. The number of nitrogens with one attached hydrogen (secondary N) is 2. The molecule has 3 aromatic rings. The highest BCUT2D eigenvalue weighted by Crippen LogP contribution is 2.31. The summed E-state index contributed by atoms with van der Waals surface area (Å²) in [7, 11) is 0. The van der Waals surface area contributed by atoms with E-state index >= 15 is 0 Å². The van der Waals surface area contributed by atoms with Crippen LogP contribution in [0.1, 0.15) is 26.3 Å². The van der Waals surface area contributed by atoms with Gasteiger partial charge in [-0.25, -0.2) is 9.37 Å². The van der Waals surface area contributed by atoms with E-state index in [0.717, 1.165) is 11.4 Å². The summed E-state index contributed by atoms with van der Waals surface area (Å²) < 4.78 is 13.0. The number of hydrogen-bond acceptors (Lipinski definition) is 4. The molecule has 0 bridgehead atoms. The highest BCUT2D eigenvalue weighted by molar-refractivity contribution is 5.63. The number of para-hydroxylation sites is 1. The molecular weight excluding hydrogens is 315 g/mol. The molecule has 2 N–H and O–H groups in total. The predicted octanol–water partition coefficient (Wildman–Crippen LogP) is 5.40. The maximum absolute atomic E-state index is 13.0. The molecular formula is C20H21FN4. The molecule has 0 aliphatic heterocycles. The fourth-order valence-corrected chi connectivity index (χ4v) is 2.53. The second kappa shape index (κ2) is 6.89. The fraction of sp³-hybridized carbons (Fsp3) is 0.200. The van der Waals surface area contributed by atoms with Crippen molar-refractivity contribution >= 4 is 23.1 Å². The number of nitrogens with zero attached hydrogens (tertiary/aromatic N) is 2. The van der Waals surface area contributed by atoms with Crippen LogP contribution in [0.5, 0.6) is 0 Å². The Morgan fingerprint density at radius 1 is 0.880 bits per heavy atom. The van der Waals surface area contributed by atoms with Crippen LogP contribution in [0.2, 0.25) is 0 Å². The quantitative estimate of drug-likeness (QED) is 0.670. The molecule has 0 spiro atoms. The first-order valence-electron chi connectivity index (χ1n) is 8.14. The topological polar surface area (TPSA) is 49.8 Å². The molecule has 0 saturated heterocycles. The lowest BCUT2D eigenvalue weighted by molar-refractivity contribution is 0.592. The third-order valence-electron chi connectivity index (χ3n) is 3.75. The summed E-state index contributed by atoms with van der Waals surface area (Å²) in [6.07, 6.45) is 1.68. The van der Waals surface area contributed by atoms with Gasteiger partial charge in [0.2, 0.25) is 5.95 Å². The molecule has 2 aromatic carbocycles. The van der Waals surface area contributed by atoms with Crippen molar-refractivity contribution in [2.45, 2.75) is 26.2 Å². The van der Waals surface area contributed by atoms with Crippen molar-refractivity contribution in [3.8, 4) is 0 Å². The molecule has 0 amide bonds. The van der Waals surface area contributed by atoms with Gasteiger partial charge in [-0.15, -0.1) is 0 Å². The van der Waals surface area contributed by atoms with Crippen LogP contribution in [0.15, 0.2) is 60.8 Å². The lowest BCUT2D eigenvalue weighted by Gasteiger charge is -2.23. The van der Waals surface area contributed by atoms with Gasteiger partial charge in [0.25, 0.3) is 0 Å². The van der Waals surface area contributed by atoms with Gasteiger partial charge in [0.15, 0.2) is 0 Å². The minimum atomic E-state index is -0.277. The number of benzene rings is 2. The Labute approximate surface area is 147 Å². The van der Waals surface area contributed by atoms with Gasteiger partial charge in [-0.1, -0.05) is 39.0 Å². The minimum absolute atomic E-state index is 0.0197. The Balaban J connectivity index is 1.82. The fourth-order valence-electron chi connectivity index (χ4n) is 2.53. The molecule has 4 nitrogen and oxygen atoms in total. The van der Waals surface area contributed by atoms with Gasteiger partial charge in [-0.2, -0.15) is 4.98 Å². The van der Waals surface area contributed by atoms with Crippen LogP contribution in [0.4, 0.5) is 27.5 Å². The van der Waals surface area contributed by atoms with Gasteiger partial charge in [-0.05, 0) is 47.4 Å². The second-order valence-electron chi connectivity index (χ2n) is 6.82. The number of halogens is 1. The summed E-state index contributed by atoms with van der Waals surface area (Å²) in [6.45, 7) is 6.53. The largest absolute Gasteiger partial charge is 0.340 e. The van der Waals surface area contributed by atoms with Gasteiger partial charge >= 0.3 is 0 Å². The molecule has 0 aliphatic rings. The van der Waals surface area contributed by atoms with Crippen molar-refractivity contribution in [2.24, 2.45) is 0 Å². The summed E-state index contributed by atoms with van der Waals surface area (Å²) >= 11 is 0. The average Bonchev–Trinajstić information content (AvgIpc) is 2.57. The summed E-state index contributed by atoms with van der Waals surface area (Å²) in [6, 6.07) is 16.1. The summed E-state index contributed by atoms with van der Waals surface area (Å²) in [4.78, 5) is 8.70. The Kier molecular flexibility index (Phi) is 4.65. The monoisotopic (exact) mass is 336 g/mol. The highest BCUT2D eigenvalue weighted by Gasteiger charge is 2.17. The summed E-state index contributed by atoms with van der Waals surface area (Å²) in [5.41, 5.74) is 2.97. The number of rotatable bonds is 4. The van der Waals surface area contributed by atoms with Gasteiger partial charge in [0.1, 0.15) is 11.6 Å². The lowest BCUT2D eigenvalue weighted by Crippen LogP contribution is -2.13. The number of aromatic nitrogens is 2. The Morgan fingerprint density at radius 3 is 2.32 bits per heavy atom. The first-order chi connectivity index (χ1) is 11.9. The molecule has 0 saturated carbocycles. The molecule has 128 valence electrons. The zero-order valence-corrected chi connectivity index (χ0v) is 14.5. The van der Waals surface area contributed by atoms with E-state index in [4.69, 9.17) is 0 Å². The van der Waals surface area contributed by atoms with Crippen molar-refractivity contribution in [1.82, 2.24) is 9.97 Å². The standard InChI is InChI=1S/C20H21FN4/c1-20(2,3)16-6-4-5-7-17(16)24-18-12-13-22-19(25-18)23-15-10-8-14(21)9-11-15/h4-13H,1-3H3,(H2,22,23,24,25). The number of anilines is 4. The molecule has 3 rings (SSSR count). The molecule has 0 radical (unpaired) electrons.